The Kier molecular flexibility index (Phi) is 6.08. The number of aryl methyl sites for hydroxylation is 1. The van der Waals surface area contributed by atoms with Crippen LogP contribution in [-0.2, 0) is 11.3 Å². The van der Waals surface area contributed by atoms with E-state index in [2.05, 4.69) is 5.10 Å². The monoisotopic (exact) mass is 386 g/mol. The highest BCUT2D eigenvalue weighted by Gasteiger charge is 2.17. The van der Waals surface area contributed by atoms with Crippen molar-refractivity contribution < 1.29 is 14.3 Å². The molecule has 0 atom stereocenters. The summed E-state index contributed by atoms with van der Waals surface area (Å²) in [4.78, 5) is 25.0. The van der Waals surface area contributed by atoms with E-state index in [0.717, 1.165) is 6.42 Å². The summed E-state index contributed by atoms with van der Waals surface area (Å²) in [5, 5.41) is 5.76. The molecule has 0 N–H and O–H groups in total. The van der Waals surface area contributed by atoms with Gasteiger partial charge in [-0.2, -0.15) is 5.10 Å². The molecule has 0 unspecified atom stereocenters. The zero-order valence-corrected chi connectivity index (χ0v) is 15.6. The number of ether oxygens (including phenoxy) is 2. The van der Waals surface area contributed by atoms with Crippen molar-refractivity contribution in [2.45, 2.75) is 19.9 Å². The molecule has 0 saturated carbocycles. The van der Waals surface area contributed by atoms with Crippen molar-refractivity contribution in [3.05, 3.63) is 69.6 Å². The molecule has 0 aliphatic heterocycles. The van der Waals surface area contributed by atoms with E-state index in [9.17, 15) is 9.59 Å². The minimum absolute atomic E-state index is 0.0599. The number of carbonyl (C=O) groups excluding carboxylic acids is 1. The average molecular weight is 387 g/mol. The Morgan fingerprint density at radius 1 is 1.07 bits per heavy atom. The largest absolute Gasteiger partial charge is 0.490 e. The molecule has 2 aromatic carbocycles. The van der Waals surface area contributed by atoms with Crippen LogP contribution in [0.15, 0.2) is 53.3 Å². The highest BCUT2D eigenvalue weighted by Crippen LogP contribution is 2.16. The van der Waals surface area contributed by atoms with Gasteiger partial charge < -0.3 is 9.47 Å². The molecule has 140 valence electrons. The first-order valence-corrected chi connectivity index (χ1v) is 9.03. The third kappa shape index (κ3) is 4.46. The lowest BCUT2D eigenvalue weighted by atomic mass is 10.1. The van der Waals surface area contributed by atoms with E-state index in [4.69, 9.17) is 21.1 Å². The van der Waals surface area contributed by atoms with Crippen LogP contribution in [0.25, 0.3) is 10.8 Å². The molecule has 27 heavy (non-hydrogen) atoms. The summed E-state index contributed by atoms with van der Waals surface area (Å²) in [5.74, 6) is 0.0475. The van der Waals surface area contributed by atoms with Gasteiger partial charge in [-0.3, -0.25) is 4.79 Å². The van der Waals surface area contributed by atoms with Crippen LogP contribution >= 0.6 is 11.6 Å². The zero-order valence-electron chi connectivity index (χ0n) is 14.9. The molecule has 0 spiro atoms. The predicted molar refractivity (Wildman–Crippen MR) is 104 cm³/mol. The third-order valence-electron chi connectivity index (χ3n) is 3.90. The molecular weight excluding hydrogens is 368 g/mol. The number of benzene rings is 2. The van der Waals surface area contributed by atoms with Crippen molar-refractivity contribution in [2.24, 2.45) is 0 Å². The molecular formula is C20H19ClN2O4. The second-order valence-electron chi connectivity index (χ2n) is 5.86. The smallest absolute Gasteiger partial charge is 0.359 e. The first-order valence-electron chi connectivity index (χ1n) is 8.65. The molecule has 0 bridgehead atoms. The summed E-state index contributed by atoms with van der Waals surface area (Å²) in [6.07, 6.45) is 0.731. The second-order valence-corrected chi connectivity index (χ2v) is 6.30. The van der Waals surface area contributed by atoms with Crippen LogP contribution in [-0.4, -0.2) is 29.0 Å². The summed E-state index contributed by atoms with van der Waals surface area (Å²) in [6.45, 7) is 2.63. The van der Waals surface area contributed by atoms with Crippen molar-refractivity contribution in [3.8, 4) is 5.75 Å². The summed E-state index contributed by atoms with van der Waals surface area (Å²) in [5.41, 5.74) is -0.0831. The Morgan fingerprint density at radius 2 is 1.78 bits per heavy atom. The maximum Gasteiger partial charge on any atom is 0.359 e. The van der Waals surface area contributed by atoms with Gasteiger partial charge in [-0.1, -0.05) is 36.7 Å². The van der Waals surface area contributed by atoms with Crippen molar-refractivity contribution in [2.75, 3.05) is 13.2 Å². The molecule has 6 nitrogen and oxygen atoms in total. The normalized spacial score (nSPS) is 10.7. The van der Waals surface area contributed by atoms with E-state index < -0.39 is 5.97 Å². The van der Waals surface area contributed by atoms with Gasteiger partial charge in [0.25, 0.3) is 5.56 Å². The minimum Gasteiger partial charge on any atom is -0.490 e. The Hall–Kier alpha value is -2.86. The van der Waals surface area contributed by atoms with Gasteiger partial charge in [-0.25, -0.2) is 9.48 Å². The molecule has 3 rings (SSSR count). The van der Waals surface area contributed by atoms with Gasteiger partial charge in [0.15, 0.2) is 5.69 Å². The van der Waals surface area contributed by atoms with Gasteiger partial charge in [0.05, 0.1) is 5.39 Å². The Bertz CT molecular complexity index is 999. The maximum atomic E-state index is 12.5. The van der Waals surface area contributed by atoms with Crippen molar-refractivity contribution in [1.29, 1.82) is 0 Å². The summed E-state index contributed by atoms with van der Waals surface area (Å²) in [7, 11) is 0. The first kappa shape index (κ1) is 18.9. The number of aromatic nitrogens is 2. The van der Waals surface area contributed by atoms with Crippen LogP contribution in [0.4, 0.5) is 0 Å². The highest BCUT2D eigenvalue weighted by molar-refractivity contribution is 6.30. The summed E-state index contributed by atoms with van der Waals surface area (Å²) in [6, 6.07) is 13.8. The van der Waals surface area contributed by atoms with Crippen LogP contribution in [0, 0.1) is 0 Å². The maximum absolute atomic E-state index is 12.5. The van der Waals surface area contributed by atoms with E-state index >= 15 is 0 Å². The van der Waals surface area contributed by atoms with E-state index in [1.807, 2.05) is 6.92 Å². The van der Waals surface area contributed by atoms with Crippen LogP contribution in [0.1, 0.15) is 23.8 Å². The van der Waals surface area contributed by atoms with Gasteiger partial charge in [-0.05, 0) is 36.8 Å². The summed E-state index contributed by atoms with van der Waals surface area (Å²) >= 11 is 5.82. The van der Waals surface area contributed by atoms with Crippen LogP contribution < -0.4 is 10.3 Å². The fourth-order valence-corrected chi connectivity index (χ4v) is 2.77. The van der Waals surface area contributed by atoms with Gasteiger partial charge >= 0.3 is 5.97 Å². The number of nitrogens with zero attached hydrogens (tertiary/aromatic N) is 2. The van der Waals surface area contributed by atoms with Crippen LogP contribution in [0.2, 0.25) is 5.02 Å². The Morgan fingerprint density at radius 3 is 2.48 bits per heavy atom. The van der Waals surface area contributed by atoms with Crippen molar-refractivity contribution >= 4 is 28.3 Å². The molecule has 1 aromatic heterocycles. The average Bonchev–Trinajstić information content (AvgIpc) is 2.69. The van der Waals surface area contributed by atoms with Crippen LogP contribution in [0.5, 0.6) is 5.75 Å². The molecule has 0 aliphatic carbocycles. The number of fused-ring (bicyclic) bond motifs is 1. The predicted octanol–water partition coefficient (Wildman–Crippen LogP) is 3.70. The van der Waals surface area contributed by atoms with E-state index in [0.29, 0.717) is 28.1 Å². The van der Waals surface area contributed by atoms with E-state index in [1.54, 1.807) is 48.5 Å². The van der Waals surface area contributed by atoms with Crippen LogP contribution in [0.3, 0.4) is 0 Å². The SMILES string of the molecule is CCCn1nc(C(=O)OCCOc2ccc(Cl)cc2)c2ccccc2c1=O. The molecule has 7 heteroatoms. The van der Waals surface area contributed by atoms with E-state index in [1.165, 1.54) is 4.68 Å². The van der Waals surface area contributed by atoms with Gasteiger partial charge in [0.2, 0.25) is 0 Å². The number of hydrogen-bond donors (Lipinski definition) is 0. The number of hydrogen-bond acceptors (Lipinski definition) is 5. The third-order valence-corrected chi connectivity index (χ3v) is 4.15. The fourth-order valence-electron chi connectivity index (χ4n) is 2.64. The molecule has 0 fully saturated rings. The van der Waals surface area contributed by atoms with Gasteiger partial charge in [0, 0.05) is 17.0 Å². The van der Waals surface area contributed by atoms with Gasteiger partial charge in [-0.15, -0.1) is 0 Å². The minimum atomic E-state index is -0.587. The summed E-state index contributed by atoms with van der Waals surface area (Å²) < 4.78 is 12.1. The quantitative estimate of drug-likeness (QED) is 0.457. The van der Waals surface area contributed by atoms with Crippen molar-refractivity contribution in [1.82, 2.24) is 9.78 Å². The van der Waals surface area contributed by atoms with E-state index in [-0.39, 0.29) is 24.5 Å². The molecule has 3 aromatic rings. The number of halogens is 1. The Labute approximate surface area is 161 Å². The molecule has 0 saturated heterocycles. The standard InChI is InChI=1S/C20H19ClN2O4/c1-2-11-23-19(24)17-6-4-3-5-16(17)18(22-23)20(25)27-13-12-26-15-9-7-14(21)8-10-15/h3-10H,2,11-13H2,1H3. The topological polar surface area (TPSA) is 70.4 Å². The number of rotatable bonds is 7. The lowest BCUT2D eigenvalue weighted by molar-refractivity contribution is 0.0443. The second kappa shape index (κ2) is 8.68. The molecule has 0 amide bonds. The highest BCUT2D eigenvalue weighted by atomic mass is 35.5. The molecule has 0 radical (unpaired) electrons. The zero-order chi connectivity index (χ0) is 19.2. The lowest BCUT2D eigenvalue weighted by Gasteiger charge is -2.11. The number of carbonyl (C=O) groups is 1. The lowest BCUT2D eigenvalue weighted by Crippen LogP contribution is -2.26. The molecule has 1 heterocycles. The Balaban J connectivity index is 1.72. The molecule has 0 aliphatic rings. The number of esters is 1. The van der Waals surface area contributed by atoms with Gasteiger partial charge in [0.1, 0.15) is 19.0 Å². The van der Waals surface area contributed by atoms with Crippen molar-refractivity contribution in [3.63, 3.8) is 0 Å². The fraction of sp³-hybridized carbons (Fsp3) is 0.250. The first-order chi connectivity index (χ1) is 13.1.